The topological polar surface area (TPSA) is 106 Å². The molecule has 1 aliphatic carbocycles. The molecule has 1 saturated carbocycles. The van der Waals surface area contributed by atoms with Gasteiger partial charge in [-0.15, -0.1) is 0 Å². The molecule has 10 heteroatoms. The third kappa shape index (κ3) is 5.81. The first-order valence-electron chi connectivity index (χ1n) is 10.7. The molecule has 3 aromatic rings. The Morgan fingerprint density at radius 2 is 1.88 bits per heavy atom. The second-order valence-corrected chi connectivity index (χ2v) is 8.03. The Kier molecular flexibility index (Phi) is 6.63. The van der Waals surface area contributed by atoms with Crippen LogP contribution in [0, 0.1) is 17.1 Å². The second-order valence-electron chi connectivity index (χ2n) is 8.03. The molecule has 1 aliphatic rings. The average Bonchev–Trinajstić information content (AvgIpc) is 3.29. The summed E-state index contributed by atoms with van der Waals surface area (Å²) in [5.74, 6) is -3.20. The molecule has 1 aromatic heterocycles. The van der Waals surface area contributed by atoms with Gasteiger partial charge in [0.15, 0.2) is 0 Å². The van der Waals surface area contributed by atoms with Gasteiger partial charge in [0.1, 0.15) is 11.6 Å². The summed E-state index contributed by atoms with van der Waals surface area (Å²) in [6, 6.07) is 15.2. The largest absolute Gasteiger partial charge is 0.353 e. The molecule has 4 rings (SSSR count). The lowest BCUT2D eigenvalue weighted by Gasteiger charge is -2.29. The number of hydrogen-bond acceptors (Lipinski definition) is 3. The van der Waals surface area contributed by atoms with Crippen LogP contribution in [0.25, 0.3) is 11.3 Å². The van der Waals surface area contributed by atoms with Crippen molar-refractivity contribution in [2.45, 2.75) is 37.6 Å². The van der Waals surface area contributed by atoms with Crippen LogP contribution in [0.1, 0.15) is 41.6 Å². The number of rotatable bonds is 4. The molecular formula is C24H21F3N6O. The zero-order valence-electron chi connectivity index (χ0n) is 18.0. The van der Waals surface area contributed by atoms with Gasteiger partial charge in [-0.1, -0.05) is 6.07 Å². The number of nitrogens with zero attached hydrogens (tertiary/aromatic N) is 3. The third-order valence-corrected chi connectivity index (χ3v) is 5.48. The molecule has 1 amide bonds. The first-order chi connectivity index (χ1) is 16.3. The van der Waals surface area contributed by atoms with Gasteiger partial charge in [-0.25, -0.2) is 13.2 Å². The first kappa shape index (κ1) is 23.0. The van der Waals surface area contributed by atoms with E-state index in [2.05, 4.69) is 25.8 Å². The average molecular weight is 466 g/mol. The van der Waals surface area contributed by atoms with E-state index in [1.807, 2.05) is 6.07 Å². The lowest BCUT2D eigenvalue weighted by Crippen LogP contribution is -2.43. The van der Waals surface area contributed by atoms with Gasteiger partial charge in [0.2, 0.25) is 11.9 Å². The molecule has 0 saturated heterocycles. The van der Waals surface area contributed by atoms with Crippen LogP contribution in [0.3, 0.4) is 0 Å². The summed E-state index contributed by atoms with van der Waals surface area (Å²) in [6.07, 6.45) is -0.0744. The predicted octanol–water partition coefficient (Wildman–Crippen LogP) is 4.86. The molecule has 0 radical (unpaired) electrons. The quantitative estimate of drug-likeness (QED) is 0.376. The van der Waals surface area contributed by atoms with E-state index in [1.54, 1.807) is 30.3 Å². The summed E-state index contributed by atoms with van der Waals surface area (Å²) in [5.41, 5.74) is 1.74. The maximum Gasteiger partial charge on any atom is 0.280 e. The lowest BCUT2D eigenvalue weighted by molar-refractivity contribution is -0.0390. The molecule has 174 valence electrons. The molecule has 1 heterocycles. The molecular weight excluding hydrogens is 445 g/mol. The second kappa shape index (κ2) is 9.79. The van der Waals surface area contributed by atoms with Gasteiger partial charge in [0.25, 0.3) is 5.91 Å². The number of guanidine groups is 1. The van der Waals surface area contributed by atoms with Crippen molar-refractivity contribution in [3.63, 3.8) is 0 Å². The van der Waals surface area contributed by atoms with Crippen molar-refractivity contribution < 1.29 is 18.0 Å². The molecule has 0 spiro atoms. The summed E-state index contributed by atoms with van der Waals surface area (Å²) in [5, 5.41) is 22.0. The summed E-state index contributed by atoms with van der Waals surface area (Å²) in [7, 11) is 0. The van der Waals surface area contributed by atoms with Gasteiger partial charge in [-0.05, 0) is 55.3 Å². The van der Waals surface area contributed by atoms with E-state index in [0.29, 0.717) is 22.6 Å². The van der Waals surface area contributed by atoms with Crippen molar-refractivity contribution in [1.29, 1.82) is 5.26 Å². The van der Waals surface area contributed by atoms with Crippen molar-refractivity contribution in [3.8, 4) is 17.3 Å². The van der Waals surface area contributed by atoms with E-state index in [1.165, 1.54) is 24.3 Å². The maximum absolute atomic E-state index is 13.6. The number of aromatic nitrogens is 2. The Balaban J connectivity index is 1.56. The normalized spacial score (nSPS) is 16.0. The predicted molar refractivity (Wildman–Crippen MR) is 121 cm³/mol. The van der Waals surface area contributed by atoms with Crippen molar-refractivity contribution in [2.24, 2.45) is 4.99 Å². The Labute approximate surface area is 193 Å². The fraction of sp³-hybridized carbons (Fsp3) is 0.250. The van der Waals surface area contributed by atoms with Crippen LogP contribution >= 0.6 is 0 Å². The van der Waals surface area contributed by atoms with Crippen molar-refractivity contribution in [2.75, 3.05) is 5.32 Å². The van der Waals surface area contributed by atoms with Gasteiger partial charge < -0.3 is 10.6 Å². The third-order valence-electron chi connectivity index (χ3n) is 5.48. The molecule has 2 aromatic carbocycles. The zero-order valence-corrected chi connectivity index (χ0v) is 18.0. The minimum atomic E-state index is -2.69. The SMILES string of the molecule is N#Cc1cccc(C(=O)/N=C(\Nc2cc(-c3ccc(F)cc3)n[nH]2)NC2CCC(F)(F)CC2)c1. The number of carbonyl (C=O) groups excluding carboxylic acids is 1. The number of nitriles is 1. The van der Waals surface area contributed by atoms with Crippen molar-refractivity contribution in [1.82, 2.24) is 15.5 Å². The van der Waals surface area contributed by atoms with Crippen LogP contribution in [0.15, 0.2) is 59.6 Å². The van der Waals surface area contributed by atoms with E-state index in [4.69, 9.17) is 5.26 Å². The molecule has 7 nitrogen and oxygen atoms in total. The Hall–Kier alpha value is -4.13. The monoisotopic (exact) mass is 466 g/mol. The minimum absolute atomic E-state index is 0.0666. The fourth-order valence-electron chi connectivity index (χ4n) is 3.64. The lowest BCUT2D eigenvalue weighted by atomic mass is 9.92. The Bertz CT molecular complexity index is 1240. The fourth-order valence-corrected chi connectivity index (χ4v) is 3.64. The number of aromatic amines is 1. The van der Waals surface area contributed by atoms with E-state index in [9.17, 15) is 18.0 Å². The number of benzene rings is 2. The van der Waals surface area contributed by atoms with E-state index < -0.39 is 11.8 Å². The van der Waals surface area contributed by atoms with E-state index in [-0.39, 0.29) is 49.1 Å². The van der Waals surface area contributed by atoms with Gasteiger partial charge in [-0.3, -0.25) is 9.89 Å². The van der Waals surface area contributed by atoms with Crippen LogP contribution in [-0.2, 0) is 0 Å². The number of anilines is 1. The standard InChI is InChI=1S/C24H21F3N6O/c25-18-6-4-16(5-7-18)20-13-21(33-32-20)30-23(29-19-8-10-24(26,27)11-9-19)31-22(34)17-3-1-2-15(12-17)14-28/h1-7,12-13,19H,8-11H2,(H3,29,30,31,32,33,34). The van der Waals surface area contributed by atoms with E-state index >= 15 is 0 Å². The van der Waals surface area contributed by atoms with E-state index in [0.717, 1.165) is 0 Å². The Morgan fingerprint density at radius 3 is 2.59 bits per heavy atom. The highest BCUT2D eigenvalue weighted by atomic mass is 19.3. The highest BCUT2D eigenvalue weighted by Gasteiger charge is 2.35. The molecule has 1 fully saturated rings. The van der Waals surface area contributed by atoms with Gasteiger partial charge in [-0.2, -0.15) is 15.4 Å². The summed E-state index contributed by atoms with van der Waals surface area (Å²) in [4.78, 5) is 16.9. The number of aliphatic imine (C=N–C) groups is 1. The summed E-state index contributed by atoms with van der Waals surface area (Å²) < 4.78 is 40.3. The molecule has 3 N–H and O–H groups in total. The summed E-state index contributed by atoms with van der Waals surface area (Å²) in [6.45, 7) is 0. The van der Waals surface area contributed by atoms with Crippen molar-refractivity contribution >= 4 is 17.7 Å². The number of nitrogens with one attached hydrogen (secondary N) is 3. The first-order valence-corrected chi connectivity index (χ1v) is 10.7. The highest BCUT2D eigenvalue weighted by Crippen LogP contribution is 2.33. The van der Waals surface area contributed by atoms with Gasteiger partial charge >= 0.3 is 0 Å². The molecule has 0 atom stereocenters. The van der Waals surface area contributed by atoms with Crippen LogP contribution < -0.4 is 10.6 Å². The number of amides is 1. The van der Waals surface area contributed by atoms with Crippen LogP contribution in [0.2, 0.25) is 0 Å². The number of hydrogen-bond donors (Lipinski definition) is 3. The molecule has 0 aliphatic heterocycles. The molecule has 34 heavy (non-hydrogen) atoms. The Morgan fingerprint density at radius 1 is 1.15 bits per heavy atom. The van der Waals surface area contributed by atoms with Crippen LogP contribution in [0.5, 0.6) is 0 Å². The molecule has 0 bridgehead atoms. The van der Waals surface area contributed by atoms with Gasteiger partial charge in [0.05, 0.1) is 17.3 Å². The van der Waals surface area contributed by atoms with Crippen molar-refractivity contribution in [3.05, 3.63) is 71.5 Å². The summed E-state index contributed by atoms with van der Waals surface area (Å²) >= 11 is 0. The van der Waals surface area contributed by atoms with Gasteiger partial charge in [0, 0.05) is 36.1 Å². The smallest absolute Gasteiger partial charge is 0.280 e. The molecule has 0 unspecified atom stereocenters. The number of alkyl halides is 2. The zero-order chi connectivity index (χ0) is 24.1. The maximum atomic E-state index is 13.6. The van der Waals surface area contributed by atoms with Crippen LogP contribution in [0.4, 0.5) is 19.0 Å². The highest BCUT2D eigenvalue weighted by molar-refractivity contribution is 6.06. The number of carbonyl (C=O) groups is 1. The minimum Gasteiger partial charge on any atom is -0.353 e. The van der Waals surface area contributed by atoms with Crippen LogP contribution in [-0.4, -0.2) is 34.0 Å². The number of halogens is 3. The number of H-pyrrole nitrogens is 1.